The van der Waals surface area contributed by atoms with Gasteiger partial charge < -0.3 is 24.8 Å². The molecule has 2 aromatic rings. The van der Waals surface area contributed by atoms with Gasteiger partial charge in [0, 0.05) is 31.5 Å². The summed E-state index contributed by atoms with van der Waals surface area (Å²) in [6.07, 6.45) is -0.217. The van der Waals surface area contributed by atoms with Gasteiger partial charge in [0.1, 0.15) is 13.2 Å². The predicted molar refractivity (Wildman–Crippen MR) is 128 cm³/mol. The summed E-state index contributed by atoms with van der Waals surface area (Å²) in [5.41, 5.74) is 3.73. The Labute approximate surface area is 199 Å². The van der Waals surface area contributed by atoms with Gasteiger partial charge in [-0.1, -0.05) is 62.4 Å². The van der Waals surface area contributed by atoms with E-state index in [1.165, 1.54) is 12.0 Å². The third-order valence-corrected chi connectivity index (χ3v) is 6.12. The number of benzene rings is 2. The van der Waals surface area contributed by atoms with Crippen molar-refractivity contribution in [1.82, 2.24) is 10.2 Å². The van der Waals surface area contributed by atoms with Crippen LogP contribution in [0.5, 0.6) is 0 Å². The lowest BCUT2D eigenvalue weighted by Gasteiger charge is -2.31. The Hall–Kier alpha value is -3.39. The molecule has 1 aliphatic carbocycles. The second-order valence-corrected chi connectivity index (χ2v) is 9.00. The Morgan fingerprint density at radius 2 is 1.62 bits per heavy atom. The Bertz CT molecular complexity index is 990. The lowest BCUT2D eigenvalue weighted by atomic mass is 9.87. The van der Waals surface area contributed by atoms with Crippen molar-refractivity contribution in [3.63, 3.8) is 0 Å². The second-order valence-electron chi connectivity index (χ2n) is 9.00. The van der Waals surface area contributed by atoms with Crippen LogP contribution in [0.2, 0.25) is 0 Å². The lowest BCUT2D eigenvalue weighted by molar-refractivity contribution is -0.149. The highest BCUT2D eigenvalue weighted by atomic mass is 16.5. The van der Waals surface area contributed by atoms with Crippen molar-refractivity contribution in [3.05, 3.63) is 59.7 Å². The van der Waals surface area contributed by atoms with Gasteiger partial charge in [-0.05, 0) is 28.7 Å². The highest BCUT2D eigenvalue weighted by molar-refractivity contribution is 5.85. The zero-order valence-electron chi connectivity index (χ0n) is 19.9. The first-order valence-electron chi connectivity index (χ1n) is 11.3. The monoisotopic (exact) mass is 468 g/mol. The summed E-state index contributed by atoms with van der Waals surface area (Å²) >= 11 is 0. The van der Waals surface area contributed by atoms with Gasteiger partial charge in [0.05, 0.1) is 6.61 Å². The average Bonchev–Trinajstić information content (AvgIpc) is 3.13. The summed E-state index contributed by atoms with van der Waals surface area (Å²) in [7, 11) is 1.49. The van der Waals surface area contributed by atoms with Gasteiger partial charge in [-0.2, -0.15) is 0 Å². The minimum atomic E-state index is -1.09. The number of fused-ring (bicyclic) bond motifs is 3. The van der Waals surface area contributed by atoms with Crippen LogP contribution in [0.3, 0.4) is 0 Å². The van der Waals surface area contributed by atoms with E-state index in [4.69, 9.17) is 14.6 Å². The van der Waals surface area contributed by atoms with Crippen LogP contribution >= 0.6 is 0 Å². The molecule has 2 amide bonds. The largest absolute Gasteiger partial charge is 0.480 e. The Kier molecular flexibility index (Phi) is 8.28. The van der Waals surface area contributed by atoms with Gasteiger partial charge in [0.15, 0.2) is 0 Å². The summed E-state index contributed by atoms with van der Waals surface area (Å²) in [5, 5.41) is 11.8. The zero-order valence-corrected chi connectivity index (χ0v) is 19.9. The maximum Gasteiger partial charge on any atom is 0.407 e. The van der Waals surface area contributed by atoms with Crippen molar-refractivity contribution >= 4 is 18.0 Å². The van der Waals surface area contributed by atoms with E-state index >= 15 is 0 Å². The van der Waals surface area contributed by atoms with Crippen LogP contribution in [-0.4, -0.2) is 67.9 Å². The number of carboxylic acid groups (broad SMARTS) is 1. The molecule has 1 aliphatic rings. The lowest BCUT2D eigenvalue weighted by Crippen LogP contribution is -2.46. The second kappa shape index (κ2) is 11.2. The molecule has 0 saturated carbocycles. The maximum absolute atomic E-state index is 12.9. The summed E-state index contributed by atoms with van der Waals surface area (Å²) in [5.74, 6) is -1.42. The van der Waals surface area contributed by atoms with Gasteiger partial charge in [-0.3, -0.25) is 9.59 Å². The Morgan fingerprint density at radius 3 is 2.18 bits per heavy atom. The molecule has 0 radical (unpaired) electrons. The summed E-state index contributed by atoms with van der Waals surface area (Å²) in [6.45, 7) is 3.93. The molecule has 0 saturated heterocycles. The smallest absolute Gasteiger partial charge is 0.407 e. The summed E-state index contributed by atoms with van der Waals surface area (Å²) < 4.78 is 10.5. The third-order valence-electron chi connectivity index (χ3n) is 6.12. The number of carboxylic acids is 1. The first-order valence-corrected chi connectivity index (χ1v) is 11.3. The van der Waals surface area contributed by atoms with Crippen molar-refractivity contribution in [2.75, 3.05) is 40.0 Å². The number of carbonyl (C=O) groups is 3. The molecule has 0 spiro atoms. The van der Waals surface area contributed by atoms with Gasteiger partial charge in [-0.25, -0.2) is 4.79 Å². The topological polar surface area (TPSA) is 105 Å². The molecule has 182 valence electrons. The van der Waals surface area contributed by atoms with Crippen molar-refractivity contribution in [2.45, 2.75) is 26.2 Å². The molecule has 0 fully saturated rings. The quantitative estimate of drug-likeness (QED) is 0.523. The SMILES string of the molecule is COCCN(CC(=O)O)C(=O)C(C)(C)CCNC(=O)OCC1c2ccccc2-c2ccccc21. The molecule has 0 aliphatic heterocycles. The van der Waals surface area contributed by atoms with E-state index in [0.29, 0.717) is 6.42 Å². The van der Waals surface area contributed by atoms with Crippen LogP contribution < -0.4 is 5.32 Å². The molecule has 3 rings (SSSR count). The predicted octanol–water partition coefficient (Wildman–Crippen LogP) is 3.50. The minimum absolute atomic E-state index is 0.0264. The number of hydrogen-bond donors (Lipinski definition) is 2. The van der Waals surface area contributed by atoms with Crippen LogP contribution in [0.25, 0.3) is 11.1 Å². The molecule has 0 bridgehead atoms. The molecule has 2 N–H and O–H groups in total. The highest BCUT2D eigenvalue weighted by Gasteiger charge is 2.33. The first-order chi connectivity index (χ1) is 16.2. The van der Waals surface area contributed by atoms with E-state index in [9.17, 15) is 14.4 Å². The van der Waals surface area contributed by atoms with Gasteiger partial charge in [-0.15, -0.1) is 0 Å². The van der Waals surface area contributed by atoms with Gasteiger partial charge in [0.2, 0.25) is 5.91 Å². The molecule has 0 unspecified atom stereocenters. The van der Waals surface area contributed by atoms with E-state index in [1.807, 2.05) is 24.3 Å². The normalized spacial score (nSPS) is 12.6. The number of hydrogen-bond acceptors (Lipinski definition) is 5. The summed E-state index contributed by atoms with van der Waals surface area (Å²) in [6, 6.07) is 16.2. The van der Waals surface area contributed by atoms with Crippen molar-refractivity contribution in [2.24, 2.45) is 5.41 Å². The first kappa shape index (κ1) is 25.2. The van der Waals surface area contributed by atoms with E-state index in [1.54, 1.807) is 13.8 Å². The molecule has 0 aromatic heterocycles. The zero-order chi connectivity index (χ0) is 24.7. The molecular formula is C26H32N2O6. The van der Waals surface area contributed by atoms with E-state index in [-0.39, 0.29) is 38.1 Å². The number of alkyl carbamates (subject to hydrolysis) is 1. The molecule has 34 heavy (non-hydrogen) atoms. The number of methoxy groups -OCH3 is 1. The highest BCUT2D eigenvalue weighted by Crippen LogP contribution is 2.44. The fraction of sp³-hybridized carbons (Fsp3) is 0.423. The van der Waals surface area contributed by atoms with Crippen molar-refractivity contribution in [3.8, 4) is 11.1 Å². The average molecular weight is 469 g/mol. The van der Waals surface area contributed by atoms with Crippen molar-refractivity contribution in [1.29, 1.82) is 0 Å². The fourth-order valence-electron chi connectivity index (χ4n) is 4.28. The fourth-order valence-corrected chi connectivity index (χ4v) is 4.28. The van der Waals surface area contributed by atoms with Crippen molar-refractivity contribution < 1.29 is 29.0 Å². The Morgan fingerprint density at radius 1 is 1.03 bits per heavy atom. The van der Waals surface area contributed by atoms with Crippen LogP contribution in [0, 0.1) is 5.41 Å². The van der Waals surface area contributed by atoms with E-state index in [2.05, 4.69) is 29.6 Å². The van der Waals surface area contributed by atoms with Gasteiger partial charge in [0.25, 0.3) is 0 Å². The molecule has 0 heterocycles. The number of nitrogens with zero attached hydrogens (tertiary/aromatic N) is 1. The molecule has 2 aromatic carbocycles. The van der Waals surface area contributed by atoms with Gasteiger partial charge >= 0.3 is 12.1 Å². The number of aliphatic carboxylic acids is 1. The molecule has 0 atom stereocenters. The number of amides is 2. The molecular weight excluding hydrogens is 436 g/mol. The minimum Gasteiger partial charge on any atom is -0.480 e. The number of rotatable bonds is 11. The van der Waals surface area contributed by atoms with Crippen LogP contribution in [-0.2, 0) is 19.1 Å². The van der Waals surface area contributed by atoms with Crippen LogP contribution in [0.1, 0.15) is 37.3 Å². The van der Waals surface area contributed by atoms with E-state index < -0.39 is 24.0 Å². The number of ether oxygens (including phenoxy) is 2. The summed E-state index contributed by atoms with van der Waals surface area (Å²) in [4.78, 5) is 37.7. The maximum atomic E-state index is 12.9. The Balaban J connectivity index is 1.52. The molecule has 8 heteroatoms. The number of carbonyl (C=O) groups excluding carboxylic acids is 2. The molecule has 8 nitrogen and oxygen atoms in total. The number of nitrogens with one attached hydrogen (secondary N) is 1. The van der Waals surface area contributed by atoms with Crippen LogP contribution in [0.4, 0.5) is 4.79 Å². The van der Waals surface area contributed by atoms with Crippen LogP contribution in [0.15, 0.2) is 48.5 Å². The third kappa shape index (κ3) is 5.94. The standard InChI is InChI=1S/C26H32N2O6/c1-26(2,24(31)28(14-15-33-3)16-23(29)30)12-13-27-25(32)34-17-22-20-10-6-4-8-18(20)19-9-5-7-11-21(19)22/h4-11,22H,12-17H2,1-3H3,(H,27,32)(H,29,30). The van der Waals surface area contributed by atoms with E-state index in [0.717, 1.165) is 22.3 Å².